The Hall–Kier alpha value is -1.68. The van der Waals surface area contributed by atoms with Crippen LogP contribution in [0.4, 0.5) is 0 Å². The first-order valence-corrected chi connectivity index (χ1v) is 11.4. The summed E-state index contributed by atoms with van der Waals surface area (Å²) in [6.45, 7) is 5.23. The average molecular weight is 457 g/mol. The van der Waals surface area contributed by atoms with Gasteiger partial charge >= 0.3 is 5.97 Å². The lowest BCUT2D eigenvalue weighted by Gasteiger charge is -2.10. The van der Waals surface area contributed by atoms with E-state index in [0.29, 0.717) is 31.0 Å². The van der Waals surface area contributed by atoms with Crippen LogP contribution in [0, 0.1) is 13.8 Å². The van der Waals surface area contributed by atoms with E-state index >= 15 is 0 Å². The fourth-order valence-corrected chi connectivity index (χ4v) is 5.19. The van der Waals surface area contributed by atoms with Crippen molar-refractivity contribution in [2.24, 2.45) is 0 Å². The molecule has 6 nitrogen and oxygen atoms in total. The first kappa shape index (κ1) is 21.0. The molecule has 10 heteroatoms. The number of esters is 1. The number of thiophene rings is 2. The monoisotopic (exact) mass is 456 g/mol. The number of ether oxygens (including phenoxy) is 1. The number of hydrogen-bond donors (Lipinski definition) is 1. The van der Waals surface area contributed by atoms with Crippen molar-refractivity contribution >= 4 is 68.0 Å². The number of aromatic nitrogens is 2. The molecule has 148 valence electrons. The largest absolute Gasteiger partial charge is 0.456 e. The van der Waals surface area contributed by atoms with E-state index in [4.69, 9.17) is 16.3 Å². The smallest absolute Gasteiger partial charge is 0.319 e. The number of carbonyl (C=O) groups excluding carboxylic acids is 2. The molecule has 0 aliphatic rings. The number of hydrogen-bond acceptors (Lipinski definition) is 8. The molecular formula is C18H17ClN2O4S3. The molecule has 0 saturated heterocycles. The summed E-state index contributed by atoms with van der Waals surface area (Å²) in [5.41, 5.74) is 0.777. The molecule has 0 fully saturated rings. The van der Waals surface area contributed by atoms with Crippen LogP contribution in [0.3, 0.4) is 0 Å². The molecule has 0 bridgehead atoms. The maximum absolute atomic E-state index is 12.3. The molecule has 28 heavy (non-hydrogen) atoms. The molecule has 3 rings (SSSR count). The van der Waals surface area contributed by atoms with Crippen LogP contribution in [0.1, 0.15) is 32.9 Å². The number of carbonyl (C=O) groups is 2. The summed E-state index contributed by atoms with van der Waals surface area (Å²) in [6, 6.07) is 3.23. The van der Waals surface area contributed by atoms with Gasteiger partial charge in [0, 0.05) is 4.88 Å². The lowest BCUT2D eigenvalue weighted by atomic mass is 10.2. The predicted molar refractivity (Wildman–Crippen MR) is 115 cm³/mol. The van der Waals surface area contributed by atoms with Gasteiger partial charge in [0.25, 0.3) is 5.56 Å². The molecule has 3 heterocycles. The number of halogens is 1. The number of Topliss-reactive ketones (excluding diaryl/α,β-unsaturated/α-hetero) is 1. The molecule has 3 aromatic rings. The third-order valence-electron chi connectivity index (χ3n) is 4.08. The highest BCUT2D eigenvalue weighted by Gasteiger charge is 2.19. The number of nitrogens with zero attached hydrogens (tertiary/aromatic N) is 1. The maximum Gasteiger partial charge on any atom is 0.319 e. The first-order valence-electron chi connectivity index (χ1n) is 8.32. The molecule has 0 aliphatic heterocycles. The highest BCUT2D eigenvalue weighted by molar-refractivity contribution is 7.99. The molecule has 0 unspecified atom stereocenters. The fourth-order valence-electron chi connectivity index (χ4n) is 2.43. The summed E-state index contributed by atoms with van der Waals surface area (Å²) in [5, 5.41) is 0.114. The summed E-state index contributed by atoms with van der Waals surface area (Å²) in [4.78, 5) is 45.9. The minimum Gasteiger partial charge on any atom is -0.456 e. The number of fused-ring (bicyclic) bond motifs is 1. The molecule has 0 saturated carbocycles. The number of aromatic amines is 1. The van der Waals surface area contributed by atoms with Crippen molar-refractivity contribution in [3.8, 4) is 0 Å². The molecule has 1 atom stereocenters. The highest BCUT2D eigenvalue weighted by atomic mass is 35.5. The molecule has 0 spiro atoms. The van der Waals surface area contributed by atoms with Gasteiger partial charge in [0.05, 0.1) is 20.4 Å². The number of nitrogens with one attached hydrogen (secondary N) is 1. The van der Waals surface area contributed by atoms with E-state index in [1.807, 2.05) is 13.8 Å². The van der Waals surface area contributed by atoms with Gasteiger partial charge in [-0.2, -0.15) is 0 Å². The number of thioether (sulfide) groups is 1. The Morgan fingerprint density at radius 2 is 2.07 bits per heavy atom. The molecule has 1 N–H and O–H groups in total. The third-order valence-corrected chi connectivity index (χ3v) is 7.59. The summed E-state index contributed by atoms with van der Waals surface area (Å²) in [5.74, 6) is 0.0774. The summed E-state index contributed by atoms with van der Waals surface area (Å²) < 4.78 is 5.60. The second kappa shape index (κ2) is 8.77. The Bertz CT molecular complexity index is 1100. The summed E-state index contributed by atoms with van der Waals surface area (Å²) in [7, 11) is 0. The second-order valence-electron chi connectivity index (χ2n) is 6.06. The number of aryl methyl sites for hydroxylation is 2. The number of rotatable bonds is 7. The zero-order valence-corrected chi connectivity index (χ0v) is 18.5. The highest BCUT2D eigenvalue weighted by Crippen LogP contribution is 2.27. The van der Waals surface area contributed by atoms with E-state index in [9.17, 15) is 14.4 Å². The molecule has 0 aliphatic carbocycles. The zero-order valence-electron chi connectivity index (χ0n) is 15.3. The van der Waals surface area contributed by atoms with E-state index in [-0.39, 0.29) is 17.9 Å². The van der Waals surface area contributed by atoms with Crippen molar-refractivity contribution in [2.75, 3.05) is 6.61 Å². The lowest BCUT2D eigenvalue weighted by molar-refractivity contribution is -0.141. The van der Waals surface area contributed by atoms with Crippen LogP contribution < -0.4 is 5.56 Å². The van der Waals surface area contributed by atoms with Crippen LogP contribution in [-0.4, -0.2) is 33.6 Å². The second-order valence-corrected chi connectivity index (χ2v) is 10.3. The van der Waals surface area contributed by atoms with Crippen molar-refractivity contribution in [2.45, 2.75) is 31.8 Å². The molecular weight excluding hydrogens is 440 g/mol. The van der Waals surface area contributed by atoms with Crippen LogP contribution >= 0.6 is 46.0 Å². The van der Waals surface area contributed by atoms with Gasteiger partial charge in [0.2, 0.25) is 5.78 Å². The first-order chi connectivity index (χ1) is 13.3. The van der Waals surface area contributed by atoms with Crippen molar-refractivity contribution in [1.29, 1.82) is 0 Å². The van der Waals surface area contributed by atoms with Crippen molar-refractivity contribution in [3.05, 3.63) is 48.0 Å². The SMILES string of the molecule is Cc1sc2nc(CS[C@H](C)C(=O)OCC(=O)c3ccc(Cl)s3)[nH]c(=O)c2c1C. The Morgan fingerprint density at radius 1 is 1.32 bits per heavy atom. The Morgan fingerprint density at radius 3 is 2.75 bits per heavy atom. The van der Waals surface area contributed by atoms with Gasteiger partial charge < -0.3 is 9.72 Å². The van der Waals surface area contributed by atoms with Crippen LogP contribution in [0.5, 0.6) is 0 Å². The van der Waals surface area contributed by atoms with E-state index in [1.165, 1.54) is 23.1 Å². The van der Waals surface area contributed by atoms with Crippen LogP contribution in [-0.2, 0) is 15.3 Å². The van der Waals surface area contributed by atoms with Crippen LogP contribution in [0.2, 0.25) is 4.34 Å². The van der Waals surface area contributed by atoms with Gasteiger partial charge in [0.1, 0.15) is 15.9 Å². The van der Waals surface area contributed by atoms with Gasteiger partial charge in [-0.15, -0.1) is 34.4 Å². The van der Waals surface area contributed by atoms with Crippen LogP contribution in [0.15, 0.2) is 16.9 Å². The molecule has 3 aromatic heterocycles. The Kier molecular flexibility index (Phi) is 6.59. The van der Waals surface area contributed by atoms with E-state index in [0.717, 1.165) is 21.8 Å². The average Bonchev–Trinajstić information content (AvgIpc) is 3.21. The van der Waals surface area contributed by atoms with Crippen molar-refractivity contribution in [1.82, 2.24) is 9.97 Å². The number of ketones is 1. The summed E-state index contributed by atoms with van der Waals surface area (Å²) in [6.07, 6.45) is 0. The minimum atomic E-state index is -0.507. The van der Waals surface area contributed by atoms with Gasteiger partial charge in [-0.25, -0.2) is 4.98 Å². The Labute approximate surface area is 178 Å². The van der Waals surface area contributed by atoms with Gasteiger partial charge in [0.15, 0.2) is 6.61 Å². The van der Waals surface area contributed by atoms with E-state index in [2.05, 4.69) is 9.97 Å². The lowest BCUT2D eigenvalue weighted by Crippen LogP contribution is -2.21. The van der Waals surface area contributed by atoms with Crippen molar-refractivity contribution < 1.29 is 14.3 Å². The molecule has 0 amide bonds. The zero-order chi connectivity index (χ0) is 20.4. The maximum atomic E-state index is 12.3. The van der Waals surface area contributed by atoms with Crippen LogP contribution in [0.25, 0.3) is 10.2 Å². The molecule has 0 aromatic carbocycles. The van der Waals surface area contributed by atoms with Crippen molar-refractivity contribution in [3.63, 3.8) is 0 Å². The van der Waals surface area contributed by atoms with Gasteiger partial charge in [-0.05, 0) is 38.5 Å². The van der Waals surface area contributed by atoms with E-state index < -0.39 is 11.2 Å². The van der Waals surface area contributed by atoms with E-state index in [1.54, 1.807) is 19.1 Å². The fraction of sp³-hybridized carbons (Fsp3) is 0.333. The minimum absolute atomic E-state index is 0.169. The Balaban J connectivity index is 1.56. The normalized spacial score (nSPS) is 12.3. The molecule has 0 radical (unpaired) electrons. The van der Waals surface area contributed by atoms with Gasteiger partial charge in [-0.1, -0.05) is 11.6 Å². The topological polar surface area (TPSA) is 89.1 Å². The van der Waals surface area contributed by atoms with Gasteiger partial charge in [-0.3, -0.25) is 14.4 Å². The number of H-pyrrole nitrogens is 1. The standard InChI is InChI=1S/C18H17ClN2O4S3/c1-8-9(2)27-17-15(8)16(23)20-14(21-17)7-26-10(3)18(24)25-6-11(22)12-4-5-13(19)28-12/h4-5,10H,6-7H2,1-3H3,(H,20,21,23)/t10-/m1/s1. The third kappa shape index (κ3) is 4.65. The predicted octanol–water partition coefficient (Wildman–Crippen LogP) is 4.36. The summed E-state index contributed by atoms with van der Waals surface area (Å²) >= 11 is 9.71. The quantitative estimate of drug-likeness (QED) is 0.419.